The van der Waals surface area contributed by atoms with Gasteiger partial charge in [0, 0.05) is 4.90 Å². The summed E-state index contributed by atoms with van der Waals surface area (Å²) >= 11 is 1.25. The highest BCUT2D eigenvalue weighted by Gasteiger charge is 2.30. The van der Waals surface area contributed by atoms with E-state index in [0.29, 0.717) is 9.79 Å². The molecule has 0 aliphatic heterocycles. The van der Waals surface area contributed by atoms with Gasteiger partial charge in [-0.05, 0) is 41.1 Å². The largest absolute Gasteiger partial charge is 0.507 e. The van der Waals surface area contributed by atoms with Gasteiger partial charge in [0.15, 0.2) is 0 Å². The standard InChI is InChI=1S/C17H11F3OS/c18-17(19,20)12-6-8-13(9-7-12)22-16-14-4-2-1-3-11(14)5-10-15(16)21/h1-10,21H. The van der Waals surface area contributed by atoms with Crippen molar-refractivity contribution >= 4 is 22.5 Å². The lowest BCUT2D eigenvalue weighted by molar-refractivity contribution is -0.137. The van der Waals surface area contributed by atoms with Crippen molar-refractivity contribution in [1.82, 2.24) is 0 Å². The zero-order chi connectivity index (χ0) is 15.7. The van der Waals surface area contributed by atoms with Crippen molar-refractivity contribution in [2.24, 2.45) is 0 Å². The summed E-state index contributed by atoms with van der Waals surface area (Å²) in [7, 11) is 0. The van der Waals surface area contributed by atoms with Crippen LogP contribution in [0.3, 0.4) is 0 Å². The van der Waals surface area contributed by atoms with E-state index in [4.69, 9.17) is 0 Å². The normalized spacial score (nSPS) is 11.8. The van der Waals surface area contributed by atoms with E-state index in [1.54, 1.807) is 6.07 Å². The SMILES string of the molecule is Oc1ccc2ccccc2c1Sc1ccc(C(F)(F)F)cc1. The lowest BCUT2D eigenvalue weighted by Crippen LogP contribution is -2.03. The van der Waals surface area contributed by atoms with Gasteiger partial charge in [-0.3, -0.25) is 0 Å². The highest BCUT2D eigenvalue weighted by molar-refractivity contribution is 7.99. The van der Waals surface area contributed by atoms with Crippen molar-refractivity contribution in [3.8, 4) is 5.75 Å². The number of aromatic hydroxyl groups is 1. The number of rotatable bonds is 2. The third-order valence-corrected chi connectivity index (χ3v) is 4.40. The summed E-state index contributed by atoms with van der Waals surface area (Å²) in [5.41, 5.74) is -0.681. The van der Waals surface area contributed by atoms with Crippen molar-refractivity contribution < 1.29 is 18.3 Å². The van der Waals surface area contributed by atoms with Gasteiger partial charge in [-0.15, -0.1) is 0 Å². The van der Waals surface area contributed by atoms with Gasteiger partial charge in [0.2, 0.25) is 0 Å². The summed E-state index contributed by atoms with van der Waals surface area (Å²) in [6, 6.07) is 15.9. The molecule has 0 saturated carbocycles. The molecule has 0 saturated heterocycles. The Hall–Kier alpha value is -2.14. The zero-order valence-corrected chi connectivity index (χ0v) is 12.1. The Bertz CT molecular complexity index is 810. The van der Waals surface area contributed by atoms with Crippen LogP contribution in [-0.4, -0.2) is 5.11 Å². The monoisotopic (exact) mass is 320 g/mol. The molecular weight excluding hydrogens is 309 g/mol. The molecule has 5 heteroatoms. The van der Waals surface area contributed by atoms with Crippen LogP contribution in [0.1, 0.15) is 5.56 Å². The van der Waals surface area contributed by atoms with Crippen LogP contribution in [0.15, 0.2) is 70.5 Å². The van der Waals surface area contributed by atoms with Gasteiger partial charge in [0.25, 0.3) is 0 Å². The van der Waals surface area contributed by atoms with Crippen LogP contribution >= 0.6 is 11.8 Å². The molecule has 0 aromatic heterocycles. The lowest BCUT2D eigenvalue weighted by Gasteiger charge is -2.10. The van der Waals surface area contributed by atoms with Gasteiger partial charge in [-0.25, -0.2) is 0 Å². The first-order valence-corrected chi connectivity index (χ1v) is 7.32. The Kier molecular flexibility index (Phi) is 3.74. The number of fused-ring (bicyclic) bond motifs is 1. The lowest BCUT2D eigenvalue weighted by atomic mass is 10.1. The zero-order valence-electron chi connectivity index (χ0n) is 11.3. The molecule has 3 rings (SSSR count). The van der Waals surface area contributed by atoms with Crippen molar-refractivity contribution in [2.75, 3.05) is 0 Å². The van der Waals surface area contributed by atoms with Crippen molar-refractivity contribution in [3.63, 3.8) is 0 Å². The number of phenolic OH excluding ortho intramolecular Hbond substituents is 1. The molecule has 0 aliphatic carbocycles. The molecule has 0 atom stereocenters. The molecule has 3 aromatic carbocycles. The second-order valence-electron chi connectivity index (χ2n) is 4.76. The van der Waals surface area contributed by atoms with E-state index in [9.17, 15) is 18.3 Å². The first kappa shape index (κ1) is 14.8. The van der Waals surface area contributed by atoms with Crippen LogP contribution in [0.25, 0.3) is 10.8 Å². The minimum atomic E-state index is -4.34. The van der Waals surface area contributed by atoms with Crippen molar-refractivity contribution in [1.29, 1.82) is 0 Å². The fraction of sp³-hybridized carbons (Fsp3) is 0.0588. The van der Waals surface area contributed by atoms with Gasteiger partial charge in [0.05, 0.1) is 10.5 Å². The molecule has 0 heterocycles. The molecule has 3 aromatic rings. The number of alkyl halides is 3. The topological polar surface area (TPSA) is 20.2 Å². The third-order valence-electron chi connectivity index (χ3n) is 3.26. The summed E-state index contributed by atoms with van der Waals surface area (Å²) in [4.78, 5) is 1.28. The molecule has 1 N–H and O–H groups in total. The summed E-state index contributed by atoms with van der Waals surface area (Å²) < 4.78 is 37.7. The van der Waals surface area contributed by atoms with Gasteiger partial charge in [0.1, 0.15) is 5.75 Å². The highest BCUT2D eigenvalue weighted by atomic mass is 32.2. The fourth-order valence-corrected chi connectivity index (χ4v) is 3.14. The maximum absolute atomic E-state index is 12.6. The Morgan fingerprint density at radius 1 is 0.818 bits per heavy atom. The summed E-state index contributed by atoms with van der Waals surface area (Å²) in [5.74, 6) is 0.114. The highest BCUT2D eigenvalue weighted by Crippen LogP contribution is 2.40. The molecule has 22 heavy (non-hydrogen) atoms. The number of hydrogen-bond donors (Lipinski definition) is 1. The minimum absolute atomic E-state index is 0.114. The summed E-state index contributed by atoms with van der Waals surface area (Å²) in [5, 5.41) is 11.9. The minimum Gasteiger partial charge on any atom is -0.507 e. The van der Waals surface area contributed by atoms with E-state index in [1.165, 1.54) is 23.9 Å². The van der Waals surface area contributed by atoms with E-state index in [1.807, 2.05) is 30.3 Å². The molecule has 112 valence electrons. The van der Waals surface area contributed by atoms with Crippen LogP contribution in [0.4, 0.5) is 13.2 Å². The maximum atomic E-state index is 12.6. The molecule has 0 amide bonds. The Balaban J connectivity index is 1.98. The molecule has 0 aliphatic rings. The van der Waals surface area contributed by atoms with E-state index < -0.39 is 11.7 Å². The van der Waals surface area contributed by atoms with Gasteiger partial charge in [-0.1, -0.05) is 42.1 Å². The predicted octanol–water partition coefficient (Wildman–Crippen LogP) is 5.72. The quantitative estimate of drug-likeness (QED) is 0.652. The summed E-state index contributed by atoms with van der Waals surface area (Å²) in [6.07, 6.45) is -4.34. The molecule has 0 bridgehead atoms. The third kappa shape index (κ3) is 2.90. The van der Waals surface area contributed by atoms with Crippen LogP contribution in [0.2, 0.25) is 0 Å². The smallest absolute Gasteiger partial charge is 0.416 e. The maximum Gasteiger partial charge on any atom is 0.416 e. The van der Waals surface area contributed by atoms with Crippen LogP contribution in [-0.2, 0) is 6.18 Å². The Labute approximate surface area is 129 Å². The fourth-order valence-electron chi connectivity index (χ4n) is 2.17. The molecule has 1 nitrogen and oxygen atoms in total. The molecular formula is C17H11F3OS. The first-order valence-electron chi connectivity index (χ1n) is 6.51. The average Bonchev–Trinajstić information content (AvgIpc) is 2.50. The average molecular weight is 320 g/mol. The van der Waals surface area contributed by atoms with E-state index in [0.717, 1.165) is 22.9 Å². The van der Waals surface area contributed by atoms with Crippen LogP contribution in [0, 0.1) is 0 Å². The molecule has 0 spiro atoms. The van der Waals surface area contributed by atoms with Gasteiger partial charge < -0.3 is 5.11 Å². The molecule has 0 radical (unpaired) electrons. The summed E-state index contributed by atoms with van der Waals surface area (Å²) in [6.45, 7) is 0. The predicted molar refractivity (Wildman–Crippen MR) is 81.2 cm³/mol. The molecule has 0 fully saturated rings. The van der Waals surface area contributed by atoms with E-state index in [-0.39, 0.29) is 5.75 Å². The molecule has 0 unspecified atom stereocenters. The van der Waals surface area contributed by atoms with Crippen LogP contribution in [0.5, 0.6) is 5.75 Å². The first-order chi connectivity index (χ1) is 10.4. The number of benzene rings is 3. The van der Waals surface area contributed by atoms with E-state index in [2.05, 4.69) is 0 Å². The number of halogens is 3. The van der Waals surface area contributed by atoms with E-state index >= 15 is 0 Å². The Morgan fingerprint density at radius 2 is 1.50 bits per heavy atom. The van der Waals surface area contributed by atoms with Crippen molar-refractivity contribution in [3.05, 3.63) is 66.2 Å². The Morgan fingerprint density at radius 3 is 2.18 bits per heavy atom. The second kappa shape index (κ2) is 5.57. The van der Waals surface area contributed by atoms with Crippen LogP contribution < -0.4 is 0 Å². The van der Waals surface area contributed by atoms with Gasteiger partial charge >= 0.3 is 6.18 Å². The van der Waals surface area contributed by atoms with Gasteiger partial charge in [-0.2, -0.15) is 13.2 Å². The van der Waals surface area contributed by atoms with Crippen molar-refractivity contribution in [2.45, 2.75) is 16.0 Å². The second-order valence-corrected chi connectivity index (χ2v) is 5.84. The number of hydrogen-bond acceptors (Lipinski definition) is 2. The number of phenols is 1.